The van der Waals surface area contributed by atoms with Crippen LogP contribution in [-0.2, 0) is 4.79 Å². The Morgan fingerprint density at radius 2 is 1.65 bits per heavy atom. The molecule has 0 N–H and O–H groups in total. The van der Waals surface area contributed by atoms with Gasteiger partial charge in [-0.1, -0.05) is 51.8 Å². The Morgan fingerprint density at radius 1 is 0.957 bits per heavy atom. The van der Waals surface area contributed by atoms with E-state index in [1.165, 1.54) is 0 Å². The van der Waals surface area contributed by atoms with Gasteiger partial charge in [0.25, 0.3) is 0 Å². The van der Waals surface area contributed by atoms with E-state index in [9.17, 15) is 4.79 Å². The molecule has 3 aromatic carbocycles. The van der Waals surface area contributed by atoms with E-state index in [1.807, 2.05) is 36.4 Å². The highest BCUT2D eigenvalue weighted by molar-refractivity contribution is 9.10. The first-order chi connectivity index (χ1) is 11.1. The van der Waals surface area contributed by atoms with Crippen LogP contribution in [0.2, 0.25) is 5.02 Å². The van der Waals surface area contributed by atoms with Gasteiger partial charge in [-0.05, 0) is 36.4 Å². The second-order valence-electron chi connectivity index (χ2n) is 4.81. The maximum atomic E-state index is 12.0. The van der Waals surface area contributed by atoms with Gasteiger partial charge < -0.3 is 9.47 Å². The Hall–Kier alpha value is -2.04. The van der Waals surface area contributed by atoms with Gasteiger partial charge in [0, 0.05) is 20.3 Å². The van der Waals surface area contributed by atoms with Gasteiger partial charge in [-0.3, -0.25) is 0 Å². The first-order valence-electron chi connectivity index (χ1n) is 6.90. The number of benzene rings is 3. The lowest BCUT2D eigenvalue weighted by Gasteiger charge is -2.10. The summed E-state index contributed by atoms with van der Waals surface area (Å²) >= 11 is 9.49. The van der Waals surface area contributed by atoms with Gasteiger partial charge in [0.05, 0.1) is 0 Å². The first-order valence-corrected chi connectivity index (χ1v) is 8.07. The fourth-order valence-corrected chi connectivity index (χ4v) is 2.64. The summed E-state index contributed by atoms with van der Waals surface area (Å²) in [5.74, 6) is 0.598. The summed E-state index contributed by atoms with van der Waals surface area (Å²) in [4.78, 5) is 12.0. The smallest absolute Gasteiger partial charge is 0.349 e. The second-order valence-corrected chi connectivity index (χ2v) is 6.13. The molecular weight excluding hydrogens is 380 g/mol. The van der Waals surface area contributed by atoms with Gasteiger partial charge in [0.15, 0.2) is 6.61 Å². The van der Waals surface area contributed by atoms with Crippen LogP contribution in [0.1, 0.15) is 0 Å². The van der Waals surface area contributed by atoms with E-state index >= 15 is 0 Å². The molecule has 3 rings (SSSR count). The van der Waals surface area contributed by atoms with Crippen LogP contribution in [0, 0.1) is 0 Å². The molecule has 0 radical (unpaired) electrons. The van der Waals surface area contributed by atoms with Crippen LogP contribution in [0.25, 0.3) is 10.8 Å². The molecule has 3 nitrogen and oxygen atoms in total. The average Bonchev–Trinajstić information content (AvgIpc) is 2.57. The van der Waals surface area contributed by atoms with Crippen molar-refractivity contribution in [1.29, 1.82) is 0 Å². The van der Waals surface area contributed by atoms with Crippen molar-refractivity contribution in [2.24, 2.45) is 0 Å². The third-order valence-corrected chi connectivity index (χ3v) is 4.08. The Balaban J connectivity index is 1.71. The number of carbonyl (C=O) groups excluding carboxylic acids is 1. The molecule has 0 heterocycles. The molecule has 0 aliphatic heterocycles. The number of esters is 1. The number of ether oxygens (including phenoxy) is 2. The largest absolute Gasteiger partial charge is 0.482 e. The quantitative estimate of drug-likeness (QED) is 0.451. The summed E-state index contributed by atoms with van der Waals surface area (Å²) < 4.78 is 11.8. The summed E-state index contributed by atoms with van der Waals surface area (Å²) in [6, 6.07) is 18.1. The van der Waals surface area contributed by atoms with Crippen molar-refractivity contribution >= 4 is 44.3 Å². The van der Waals surface area contributed by atoms with Crippen molar-refractivity contribution in [2.45, 2.75) is 0 Å². The zero-order valence-electron chi connectivity index (χ0n) is 12.0. The Bertz CT molecular complexity index is 847. The highest BCUT2D eigenvalue weighted by atomic mass is 79.9. The van der Waals surface area contributed by atoms with E-state index in [1.54, 1.807) is 24.3 Å². The normalized spacial score (nSPS) is 10.5. The van der Waals surface area contributed by atoms with E-state index in [2.05, 4.69) is 15.9 Å². The molecule has 116 valence electrons. The van der Waals surface area contributed by atoms with E-state index in [4.69, 9.17) is 21.1 Å². The number of hydrogen-bond donors (Lipinski definition) is 0. The third-order valence-electron chi connectivity index (χ3n) is 3.22. The van der Waals surface area contributed by atoms with Crippen molar-refractivity contribution in [3.8, 4) is 11.5 Å². The van der Waals surface area contributed by atoms with Crippen LogP contribution in [-0.4, -0.2) is 12.6 Å². The molecule has 0 aromatic heterocycles. The van der Waals surface area contributed by atoms with Gasteiger partial charge >= 0.3 is 5.97 Å². The minimum Gasteiger partial charge on any atom is -0.482 e. The summed E-state index contributed by atoms with van der Waals surface area (Å²) in [5, 5.41) is 2.25. The molecular formula is C18H12BrClO3. The van der Waals surface area contributed by atoms with Crippen molar-refractivity contribution in [3.05, 3.63) is 70.2 Å². The van der Waals surface area contributed by atoms with Crippen LogP contribution in [0.4, 0.5) is 0 Å². The zero-order valence-corrected chi connectivity index (χ0v) is 14.3. The molecule has 5 heteroatoms. The maximum Gasteiger partial charge on any atom is 0.349 e. The van der Waals surface area contributed by atoms with Crippen LogP contribution in [0.5, 0.6) is 11.5 Å². The van der Waals surface area contributed by atoms with E-state index in [0.717, 1.165) is 15.2 Å². The minimum absolute atomic E-state index is 0.168. The molecule has 0 aliphatic carbocycles. The van der Waals surface area contributed by atoms with Crippen LogP contribution < -0.4 is 9.47 Å². The van der Waals surface area contributed by atoms with Crippen molar-refractivity contribution in [1.82, 2.24) is 0 Å². The number of carbonyl (C=O) groups is 1. The van der Waals surface area contributed by atoms with Crippen LogP contribution in [0.15, 0.2) is 65.1 Å². The number of rotatable bonds is 4. The average molecular weight is 392 g/mol. The predicted molar refractivity (Wildman–Crippen MR) is 94.2 cm³/mol. The SMILES string of the molecule is O=C(COc1ccc(Br)cc1)Oc1ccc(Cl)c2ccccc12. The van der Waals surface area contributed by atoms with Gasteiger partial charge in [0.1, 0.15) is 11.5 Å². The number of fused-ring (bicyclic) bond motifs is 1. The molecule has 0 amide bonds. The molecule has 3 aromatic rings. The van der Waals surface area contributed by atoms with Crippen LogP contribution in [0.3, 0.4) is 0 Å². The zero-order chi connectivity index (χ0) is 16.2. The lowest BCUT2D eigenvalue weighted by molar-refractivity contribution is -0.136. The highest BCUT2D eigenvalue weighted by Gasteiger charge is 2.10. The van der Waals surface area contributed by atoms with Crippen LogP contribution >= 0.6 is 27.5 Å². The van der Waals surface area contributed by atoms with E-state index in [-0.39, 0.29) is 6.61 Å². The lowest BCUT2D eigenvalue weighted by atomic mass is 10.1. The fraction of sp³-hybridized carbons (Fsp3) is 0.0556. The van der Waals surface area contributed by atoms with Gasteiger partial charge in [0.2, 0.25) is 0 Å². The predicted octanol–water partition coefficient (Wildman–Crippen LogP) is 5.24. The van der Waals surface area contributed by atoms with Gasteiger partial charge in [-0.2, -0.15) is 0 Å². The molecule has 0 saturated heterocycles. The molecule has 0 aliphatic rings. The molecule has 0 atom stereocenters. The maximum absolute atomic E-state index is 12.0. The third kappa shape index (κ3) is 3.84. The van der Waals surface area contributed by atoms with Crippen molar-refractivity contribution in [2.75, 3.05) is 6.61 Å². The summed E-state index contributed by atoms with van der Waals surface area (Å²) in [6.45, 7) is -0.168. The first kappa shape index (κ1) is 15.8. The lowest BCUT2D eigenvalue weighted by Crippen LogP contribution is -2.17. The van der Waals surface area contributed by atoms with Crippen molar-refractivity contribution < 1.29 is 14.3 Å². The monoisotopic (exact) mass is 390 g/mol. The molecule has 0 unspecified atom stereocenters. The fourth-order valence-electron chi connectivity index (χ4n) is 2.15. The summed E-state index contributed by atoms with van der Waals surface area (Å²) in [7, 11) is 0. The molecule has 23 heavy (non-hydrogen) atoms. The summed E-state index contributed by atoms with van der Waals surface area (Å²) in [5.41, 5.74) is 0. The minimum atomic E-state index is -0.472. The highest BCUT2D eigenvalue weighted by Crippen LogP contribution is 2.31. The van der Waals surface area contributed by atoms with Crippen molar-refractivity contribution in [3.63, 3.8) is 0 Å². The van der Waals surface area contributed by atoms with Gasteiger partial charge in [-0.15, -0.1) is 0 Å². The van der Waals surface area contributed by atoms with E-state index < -0.39 is 5.97 Å². The Kier molecular flexibility index (Phi) is 4.84. The molecule has 0 bridgehead atoms. The molecule has 0 saturated carbocycles. The summed E-state index contributed by atoms with van der Waals surface area (Å²) in [6.07, 6.45) is 0. The van der Waals surface area contributed by atoms with E-state index in [0.29, 0.717) is 16.5 Å². The number of hydrogen-bond acceptors (Lipinski definition) is 3. The van der Waals surface area contributed by atoms with Gasteiger partial charge in [-0.25, -0.2) is 4.79 Å². The molecule has 0 fully saturated rings. The molecule has 0 spiro atoms. The standard InChI is InChI=1S/C18H12BrClO3/c19-12-5-7-13(8-6-12)22-11-18(21)23-17-10-9-16(20)14-3-1-2-4-15(14)17/h1-10H,11H2. The number of halogens is 2. The topological polar surface area (TPSA) is 35.5 Å². The Morgan fingerprint density at radius 3 is 2.39 bits per heavy atom. The second kappa shape index (κ2) is 7.02. The Labute approximate surface area is 146 Å².